The first-order chi connectivity index (χ1) is 12.5. The molecule has 0 fully saturated rings. The van der Waals surface area contributed by atoms with E-state index in [-0.39, 0.29) is 11.6 Å². The van der Waals surface area contributed by atoms with Gasteiger partial charge in [-0.1, -0.05) is 54.6 Å². The van der Waals surface area contributed by atoms with Gasteiger partial charge in [-0.3, -0.25) is 4.79 Å². The summed E-state index contributed by atoms with van der Waals surface area (Å²) in [5.74, 6) is -0.428. The smallest absolute Gasteiger partial charge is 0.186 e. The number of rotatable bonds is 5. The monoisotopic (exact) mass is 345 g/mol. The van der Waals surface area contributed by atoms with Crippen molar-refractivity contribution in [3.63, 3.8) is 0 Å². The van der Waals surface area contributed by atoms with Crippen molar-refractivity contribution in [1.29, 1.82) is 0 Å². The Morgan fingerprint density at radius 2 is 1.65 bits per heavy atom. The number of halogens is 1. The number of anilines is 1. The Labute approximate surface area is 153 Å². The van der Waals surface area contributed by atoms with Gasteiger partial charge in [-0.25, -0.2) is 4.39 Å². The second-order valence-corrected chi connectivity index (χ2v) is 6.24. The predicted molar refractivity (Wildman–Crippen MR) is 106 cm³/mol. The Balaban J connectivity index is 1.86. The van der Waals surface area contributed by atoms with Crippen LogP contribution in [0.15, 0.2) is 78.9 Å². The quantitative estimate of drug-likeness (QED) is 0.452. The molecule has 2 nitrogen and oxygen atoms in total. The van der Waals surface area contributed by atoms with Crippen molar-refractivity contribution in [2.24, 2.45) is 0 Å². The largest absolute Gasteiger partial charge is 0.378 e. The number of hydrogen-bond acceptors (Lipinski definition) is 2. The third-order valence-electron chi connectivity index (χ3n) is 4.16. The fourth-order valence-electron chi connectivity index (χ4n) is 2.75. The van der Waals surface area contributed by atoms with Gasteiger partial charge in [0.1, 0.15) is 5.82 Å². The van der Waals surface area contributed by atoms with E-state index in [0.29, 0.717) is 11.1 Å². The van der Waals surface area contributed by atoms with Crippen molar-refractivity contribution in [2.75, 3.05) is 19.0 Å². The highest BCUT2D eigenvalue weighted by Crippen LogP contribution is 2.25. The van der Waals surface area contributed by atoms with Crippen molar-refractivity contribution in [3.05, 3.63) is 95.8 Å². The molecule has 0 saturated carbocycles. The van der Waals surface area contributed by atoms with E-state index in [9.17, 15) is 9.18 Å². The zero-order valence-electron chi connectivity index (χ0n) is 14.8. The second-order valence-electron chi connectivity index (χ2n) is 6.24. The van der Waals surface area contributed by atoms with E-state index < -0.39 is 0 Å². The number of allylic oxidation sites excluding steroid dienone is 1. The van der Waals surface area contributed by atoms with E-state index >= 15 is 0 Å². The molecule has 3 rings (SSSR count). The summed E-state index contributed by atoms with van der Waals surface area (Å²) in [6.45, 7) is 0. The summed E-state index contributed by atoms with van der Waals surface area (Å²) in [5.41, 5.74) is 4.03. The fraction of sp³-hybridized carbons (Fsp3) is 0.0870. The molecular formula is C23H20FNO. The predicted octanol–water partition coefficient (Wildman–Crippen LogP) is 5.45. The zero-order chi connectivity index (χ0) is 18.5. The van der Waals surface area contributed by atoms with E-state index in [1.807, 2.05) is 61.5 Å². The summed E-state index contributed by atoms with van der Waals surface area (Å²) < 4.78 is 13.5. The van der Waals surface area contributed by atoms with Gasteiger partial charge in [-0.05, 0) is 47.0 Å². The van der Waals surface area contributed by atoms with E-state index in [0.717, 1.165) is 16.8 Å². The molecule has 0 heterocycles. The number of ketones is 1. The van der Waals surface area contributed by atoms with Crippen molar-refractivity contribution in [1.82, 2.24) is 0 Å². The lowest BCUT2D eigenvalue weighted by molar-refractivity contribution is 0.104. The molecular weight excluding hydrogens is 325 g/mol. The zero-order valence-corrected chi connectivity index (χ0v) is 14.8. The molecule has 0 aliphatic carbocycles. The molecule has 0 saturated heterocycles. The molecule has 0 spiro atoms. The first-order valence-corrected chi connectivity index (χ1v) is 8.39. The molecule has 3 aromatic rings. The Morgan fingerprint density at radius 3 is 2.35 bits per heavy atom. The molecule has 3 heteroatoms. The lowest BCUT2D eigenvalue weighted by Crippen LogP contribution is -2.07. The highest BCUT2D eigenvalue weighted by molar-refractivity contribution is 6.10. The standard InChI is InChI=1S/C23H20FNO/c1-25(2)20-13-10-17(11-14-20)12-15-23(26)22-9-4-3-8-21(22)18-6-5-7-19(24)16-18/h3-16H,1-2H3. The molecule has 3 aromatic carbocycles. The van der Waals surface area contributed by atoms with Crippen LogP contribution in [0.3, 0.4) is 0 Å². The molecule has 0 amide bonds. The van der Waals surface area contributed by atoms with Gasteiger partial charge in [0.25, 0.3) is 0 Å². The normalized spacial score (nSPS) is 10.9. The summed E-state index contributed by atoms with van der Waals surface area (Å²) in [7, 11) is 3.97. The average Bonchev–Trinajstić information content (AvgIpc) is 2.66. The van der Waals surface area contributed by atoms with Gasteiger partial charge >= 0.3 is 0 Å². The Kier molecular flexibility index (Phi) is 5.28. The molecule has 0 atom stereocenters. The molecule has 0 aliphatic rings. The topological polar surface area (TPSA) is 20.3 Å². The minimum Gasteiger partial charge on any atom is -0.378 e. The molecule has 0 unspecified atom stereocenters. The van der Waals surface area contributed by atoms with Crippen molar-refractivity contribution < 1.29 is 9.18 Å². The Morgan fingerprint density at radius 1 is 0.923 bits per heavy atom. The van der Waals surface area contributed by atoms with Crippen LogP contribution < -0.4 is 4.90 Å². The van der Waals surface area contributed by atoms with Gasteiger partial charge in [-0.2, -0.15) is 0 Å². The summed E-state index contributed by atoms with van der Waals surface area (Å²) in [6, 6.07) is 21.5. The molecule has 0 aromatic heterocycles. The van der Waals surface area contributed by atoms with Crippen LogP contribution in [-0.4, -0.2) is 19.9 Å². The van der Waals surface area contributed by atoms with E-state index in [4.69, 9.17) is 0 Å². The molecule has 130 valence electrons. The maximum atomic E-state index is 13.5. The van der Waals surface area contributed by atoms with Crippen LogP contribution in [0.2, 0.25) is 0 Å². The van der Waals surface area contributed by atoms with Crippen LogP contribution in [0.5, 0.6) is 0 Å². The number of benzene rings is 3. The highest BCUT2D eigenvalue weighted by atomic mass is 19.1. The van der Waals surface area contributed by atoms with Crippen LogP contribution in [0.1, 0.15) is 15.9 Å². The lowest BCUT2D eigenvalue weighted by atomic mass is 9.96. The highest BCUT2D eigenvalue weighted by Gasteiger charge is 2.10. The van der Waals surface area contributed by atoms with Gasteiger partial charge in [-0.15, -0.1) is 0 Å². The SMILES string of the molecule is CN(C)c1ccc(C=CC(=O)c2ccccc2-c2cccc(F)c2)cc1. The third-order valence-corrected chi connectivity index (χ3v) is 4.16. The van der Waals surface area contributed by atoms with Gasteiger partial charge in [0.15, 0.2) is 5.78 Å². The lowest BCUT2D eigenvalue weighted by Gasteiger charge is -2.11. The minimum atomic E-state index is -0.318. The van der Waals surface area contributed by atoms with Crippen LogP contribution in [0.4, 0.5) is 10.1 Å². The van der Waals surface area contributed by atoms with Crippen LogP contribution in [-0.2, 0) is 0 Å². The molecule has 0 radical (unpaired) electrons. The van der Waals surface area contributed by atoms with Crippen molar-refractivity contribution >= 4 is 17.5 Å². The maximum Gasteiger partial charge on any atom is 0.186 e. The number of carbonyl (C=O) groups excluding carboxylic acids is 1. The fourth-order valence-corrected chi connectivity index (χ4v) is 2.75. The molecule has 0 N–H and O–H groups in total. The van der Waals surface area contributed by atoms with Crippen molar-refractivity contribution in [2.45, 2.75) is 0 Å². The number of carbonyl (C=O) groups is 1. The van der Waals surface area contributed by atoms with Crippen molar-refractivity contribution in [3.8, 4) is 11.1 Å². The molecule has 0 aliphatic heterocycles. The minimum absolute atomic E-state index is 0.110. The Bertz CT molecular complexity index is 942. The van der Waals surface area contributed by atoms with Gasteiger partial charge in [0, 0.05) is 25.3 Å². The van der Waals surface area contributed by atoms with E-state index in [1.165, 1.54) is 12.1 Å². The number of hydrogen-bond donors (Lipinski definition) is 0. The summed E-state index contributed by atoms with van der Waals surface area (Å²) >= 11 is 0. The number of nitrogens with zero attached hydrogens (tertiary/aromatic N) is 1. The Hall–Kier alpha value is -3.20. The summed E-state index contributed by atoms with van der Waals surface area (Å²) in [4.78, 5) is 14.7. The second kappa shape index (κ2) is 7.79. The van der Waals surface area contributed by atoms with Crippen LogP contribution >= 0.6 is 0 Å². The van der Waals surface area contributed by atoms with Gasteiger partial charge in [0.05, 0.1) is 0 Å². The van der Waals surface area contributed by atoms with Gasteiger partial charge < -0.3 is 4.90 Å². The summed E-state index contributed by atoms with van der Waals surface area (Å²) in [5, 5.41) is 0. The maximum absolute atomic E-state index is 13.5. The first kappa shape index (κ1) is 17.6. The first-order valence-electron chi connectivity index (χ1n) is 8.39. The molecule has 26 heavy (non-hydrogen) atoms. The van der Waals surface area contributed by atoms with E-state index in [2.05, 4.69) is 0 Å². The third kappa shape index (κ3) is 4.06. The van der Waals surface area contributed by atoms with Crippen LogP contribution in [0.25, 0.3) is 17.2 Å². The van der Waals surface area contributed by atoms with Gasteiger partial charge in [0.2, 0.25) is 0 Å². The average molecular weight is 345 g/mol. The molecule has 0 bridgehead atoms. The summed E-state index contributed by atoms with van der Waals surface area (Å²) in [6.07, 6.45) is 3.35. The van der Waals surface area contributed by atoms with E-state index in [1.54, 1.807) is 30.4 Å². The van der Waals surface area contributed by atoms with Crippen LogP contribution in [0, 0.1) is 5.82 Å².